The van der Waals surface area contributed by atoms with E-state index in [9.17, 15) is 0 Å². The predicted octanol–water partition coefficient (Wildman–Crippen LogP) is 1.06. The summed E-state index contributed by atoms with van der Waals surface area (Å²) in [6.45, 7) is 8.58. The third kappa shape index (κ3) is 4.40. The summed E-state index contributed by atoms with van der Waals surface area (Å²) >= 11 is 0. The van der Waals surface area contributed by atoms with Gasteiger partial charge in [-0.05, 0) is 44.8 Å². The Bertz CT molecular complexity index is 172. The molecule has 2 aliphatic rings. The Morgan fingerprint density at radius 3 is 2.62 bits per heavy atom. The topological polar surface area (TPSA) is 27.3 Å². The van der Waals surface area contributed by atoms with Crippen LogP contribution in [0.3, 0.4) is 0 Å². The second-order valence-corrected chi connectivity index (χ2v) is 5.30. The summed E-state index contributed by atoms with van der Waals surface area (Å²) in [6.07, 6.45) is 7.17. The SMILES string of the molecule is C1CCC(CNCCCN2CCNCC2)C1. The molecule has 0 aromatic heterocycles. The zero-order chi connectivity index (χ0) is 11.1. The number of nitrogens with zero attached hydrogens (tertiary/aromatic N) is 1. The van der Waals surface area contributed by atoms with Crippen molar-refractivity contribution in [2.45, 2.75) is 32.1 Å². The second kappa shape index (κ2) is 7.25. The van der Waals surface area contributed by atoms with Crippen molar-refractivity contribution in [3.05, 3.63) is 0 Å². The summed E-state index contributed by atoms with van der Waals surface area (Å²) in [5.41, 5.74) is 0. The van der Waals surface area contributed by atoms with Crippen molar-refractivity contribution in [1.82, 2.24) is 15.5 Å². The van der Waals surface area contributed by atoms with Crippen molar-refractivity contribution in [1.29, 1.82) is 0 Å². The van der Waals surface area contributed by atoms with Gasteiger partial charge in [-0.25, -0.2) is 0 Å². The van der Waals surface area contributed by atoms with Crippen LogP contribution >= 0.6 is 0 Å². The van der Waals surface area contributed by atoms with E-state index < -0.39 is 0 Å². The maximum absolute atomic E-state index is 3.62. The molecule has 0 atom stereocenters. The highest BCUT2D eigenvalue weighted by Crippen LogP contribution is 2.23. The van der Waals surface area contributed by atoms with Crippen LogP contribution in [0, 0.1) is 5.92 Å². The molecule has 94 valence electrons. The Morgan fingerprint density at radius 2 is 1.88 bits per heavy atom. The Balaban J connectivity index is 1.42. The van der Waals surface area contributed by atoms with Gasteiger partial charge in [0.1, 0.15) is 0 Å². The lowest BCUT2D eigenvalue weighted by atomic mass is 10.1. The van der Waals surface area contributed by atoms with Gasteiger partial charge < -0.3 is 15.5 Å². The molecule has 0 aromatic rings. The van der Waals surface area contributed by atoms with Gasteiger partial charge in [-0.3, -0.25) is 0 Å². The first-order valence-electron chi connectivity index (χ1n) is 7.09. The number of nitrogens with one attached hydrogen (secondary N) is 2. The first-order chi connectivity index (χ1) is 7.95. The molecule has 1 heterocycles. The maximum Gasteiger partial charge on any atom is 0.0107 e. The second-order valence-electron chi connectivity index (χ2n) is 5.30. The van der Waals surface area contributed by atoms with Gasteiger partial charge >= 0.3 is 0 Å². The molecule has 2 fully saturated rings. The average Bonchev–Trinajstić information content (AvgIpc) is 2.83. The van der Waals surface area contributed by atoms with Gasteiger partial charge in [0.2, 0.25) is 0 Å². The lowest BCUT2D eigenvalue weighted by molar-refractivity contribution is 0.237. The lowest BCUT2D eigenvalue weighted by Gasteiger charge is -2.27. The summed E-state index contributed by atoms with van der Waals surface area (Å²) in [6, 6.07) is 0. The largest absolute Gasteiger partial charge is 0.316 e. The minimum Gasteiger partial charge on any atom is -0.316 e. The normalized spacial score (nSPS) is 24.0. The van der Waals surface area contributed by atoms with E-state index in [1.807, 2.05) is 0 Å². The third-order valence-electron chi connectivity index (χ3n) is 3.95. The number of hydrogen-bond donors (Lipinski definition) is 2. The predicted molar refractivity (Wildman–Crippen MR) is 68.8 cm³/mol. The minimum atomic E-state index is 0.985. The van der Waals surface area contributed by atoms with E-state index in [1.54, 1.807) is 0 Å². The summed E-state index contributed by atoms with van der Waals surface area (Å²) in [7, 11) is 0. The van der Waals surface area contributed by atoms with E-state index in [4.69, 9.17) is 0 Å². The van der Waals surface area contributed by atoms with Gasteiger partial charge in [-0.1, -0.05) is 12.8 Å². The molecule has 0 amide bonds. The average molecular weight is 225 g/mol. The van der Waals surface area contributed by atoms with Crippen LogP contribution in [0.25, 0.3) is 0 Å². The molecule has 0 spiro atoms. The lowest BCUT2D eigenvalue weighted by Crippen LogP contribution is -2.44. The third-order valence-corrected chi connectivity index (χ3v) is 3.95. The number of hydrogen-bond acceptors (Lipinski definition) is 3. The van der Waals surface area contributed by atoms with Crippen molar-refractivity contribution in [2.75, 3.05) is 45.8 Å². The summed E-state index contributed by atoms with van der Waals surface area (Å²) in [4.78, 5) is 2.58. The molecule has 0 aromatic carbocycles. The molecule has 3 nitrogen and oxygen atoms in total. The van der Waals surface area contributed by atoms with Crippen molar-refractivity contribution in [3.63, 3.8) is 0 Å². The van der Waals surface area contributed by atoms with Gasteiger partial charge in [0, 0.05) is 26.2 Å². The van der Waals surface area contributed by atoms with Crippen LogP contribution in [0.1, 0.15) is 32.1 Å². The molecule has 1 saturated heterocycles. The maximum atomic E-state index is 3.62. The fourth-order valence-electron chi connectivity index (χ4n) is 2.88. The zero-order valence-electron chi connectivity index (χ0n) is 10.5. The van der Waals surface area contributed by atoms with E-state index in [-0.39, 0.29) is 0 Å². The van der Waals surface area contributed by atoms with Gasteiger partial charge in [0.15, 0.2) is 0 Å². The van der Waals surface area contributed by atoms with Crippen molar-refractivity contribution in [3.8, 4) is 0 Å². The number of rotatable bonds is 6. The molecule has 0 radical (unpaired) electrons. The van der Waals surface area contributed by atoms with Crippen LogP contribution in [0.5, 0.6) is 0 Å². The quantitative estimate of drug-likeness (QED) is 0.662. The van der Waals surface area contributed by atoms with E-state index in [0.29, 0.717) is 0 Å². The highest BCUT2D eigenvalue weighted by molar-refractivity contribution is 4.70. The van der Waals surface area contributed by atoms with Crippen LogP contribution in [-0.4, -0.2) is 50.7 Å². The first-order valence-corrected chi connectivity index (χ1v) is 7.09. The van der Waals surface area contributed by atoms with Crippen LogP contribution in [0.2, 0.25) is 0 Å². The van der Waals surface area contributed by atoms with E-state index >= 15 is 0 Å². The minimum absolute atomic E-state index is 0.985. The zero-order valence-corrected chi connectivity index (χ0v) is 10.5. The molecule has 0 unspecified atom stereocenters. The van der Waals surface area contributed by atoms with Gasteiger partial charge in [0.25, 0.3) is 0 Å². The van der Waals surface area contributed by atoms with Gasteiger partial charge in [-0.15, -0.1) is 0 Å². The van der Waals surface area contributed by atoms with E-state index in [2.05, 4.69) is 15.5 Å². The Morgan fingerprint density at radius 1 is 1.12 bits per heavy atom. The molecule has 0 bridgehead atoms. The summed E-state index contributed by atoms with van der Waals surface area (Å²) in [5, 5.41) is 7.02. The molecule has 1 saturated carbocycles. The molecule has 1 aliphatic carbocycles. The van der Waals surface area contributed by atoms with Crippen LogP contribution in [-0.2, 0) is 0 Å². The van der Waals surface area contributed by atoms with E-state index in [1.165, 1.54) is 77.9 Å². The molecule has 2 N–H and O–H groups in total. The standard InChI is InChI=1S/C13H27N3/c1-2-5-13(4-1)12-15-6-3-9-16-10-7-14-8-11-16/h13-15H,1-12H2. The molecular formula is C13H27N3. The first kappa shape index (κ1) is 12.3. The monoisotopic (exact) mass is 225 g/mol. The van der Waals surface area contributed by atoms with Gasteiger partial charge in [-0.2, -0.15) is 0 Å². The van der Waals surface area contributed by atoms with Gasteiger partial charge in [0.05, 0.1) is 0 Å². The van der Waals surface area contributed by atoms with Crippen molar-refractivity contribution >= 4 is 0 Å². The van der Waals surface area contributed by atoms with Crippen molar-refractivity contribution in [2.24, 2.45) is 5.92 Å². The molecular weight excluding hydrogens is 198 g/mol. The highest BCUT2D eigenvalue weighted by atomic mass is 15.2. The van der Waals surface area contributed by atoms with Crippen molar-refractivity contribution < 1.29 is 0 Å². The fourth-order valence-corrected chi connectivity index (χ4v) is 2.88. The number of piperazine rings is 1. The molecule has 16 heavy (non-hydrogen) atoms. The van der Waals surface area contributed by atoms with Crippen LogP contribution in [0.4, 0.5) is 0 Å². The smallest absolute Gasteiger partial charge is 0.0107 e. The Hall–Kier alpha value is -0.120. The van der Waals surface area contributed by atoms with Crippen LogP contribution < -0.4 is 10.6 Å². The fraction of sp³-hybridized carbons (Fsp3) is 1.00. The summed E-state index contributed by atoms with van der Waals surface area (Å²) in [5.74, 6) is 0.985. The highest BCUT2D eigenvalue weighted by Gasteiger charge is 2.14. The molecule has 1 aliphatic heterocycles. The Labute approximate surface area is 100.0 Å². The molecule has 2 rings (SSSR count). The van der Waals surface area contributed by atoms with Crippen LogP contribution in [0.15, 0.2) is 0 Å². The Kier molecular flexibility index (Phi) is 5.59. The summed E-state index contributed by atoms with van der Waals surface area (Å²) < 4.78 is 0. The molecule has 3 heteroatoms. The van der Waals surface area contributed by atoms with E-state index in [0.717, 1.165) is 5.92 Å².